The minimum atomic E-state index is 0.406. The van der Waals surface area contributed by atoms with Gasteiger partial charge in [-0.1, -0.05) is 19.3 Å². The van der Waals surface area contributed by atoms with E-state index in [4.69, 9.17) is 0 Å². The van der Waals surface area contributed by atoms with Gasteiger partial charge in [0.2, 0.25) is 0 Å². The number of nitrogens with one attached hydrogen (secondary N) is 1. The number of aromatic nitrogens is 1. The lowest BCUT2D eigenvalue weighted by atomic mass is 9.79. The van der Waals surface area contributed by atoms with Gasteiger partial charge < -0.3 is 10.2 Å². The monoisotopic (exact) mass is 275 g/mol. The fourth-order valence-corrected chi connectivity index (χ4v) is 3.24. The smallest absolute Gasteiger partial charge is 0.0270 e. The number of hydrogen-bond donors (Lipinski definition) is 1. The second kappa shape index (κ2) is 7.75. The van der Waals surface area contributed by atoms with Crippen LogP contribution < -0.4 is 5.32 Å². The Bertz CT molecular complexity index is 371. The topological polar surface area (TPSA) is 28.2 Å². The van der Waals surface area contributed by atoms with E-state index < -0.39 is 0 Å². The molecule has 112 valence electrons. The van der Waals surface area contributed by atoms with Gasteiger partial charge in [-0.15, -0.1) is 0 Å². The molecule has 3 heteroatoms. The quantitative estimate of drug-likeness (QED) is 0.829. The van der Waals surface area contributed by atoms with Crippen molar-refractivity contribution >= 4 is 0 Å². The van der Waals surface area contributed by atoms with Crippen LogP contribution in [0.3, 0.4) is 0 Å². The fourth-order valence-electron chi connectivity index (χ4n) is 3.24. The first kappa shape index (κ1) is 15.5. The SMILES string of the molecule is CNC1(CCN(C)CCc2ccncc2)CCCCC1. The lowest BCUT2D eigenvalue weighted by Crippen LogP contribution is -2.46. The number of rotatable bonds is 7. The third-order valence-corrected chi connectivity index (χ3v) is 4.84. The van der Waals surface area contributed by atoms with Gasteiger partial charge in [0.15, 0.2) is 0 Å². The zero-order valence-electron chi connectivity index (χ0n) is 13.1. The van der Waals surface area contributed by atoms with E-state index in [-0.39, 0.29) is 0 Å². The summed E-state index contributed by atoms with van der Waals surface area (Å²) < 4.78 is 0. The average Bonchev–Trinajstić information content (AvgIpc) is 2.53. The molecule has 20 heavy (non-hydrogen) atoms. The van der Waals surface area contributed by atoms with Crippen molar-refractivity contribution < 1.29 is 0 Å². The van der Waals surface area contributed by atoms with Crippen LogP contribution in [0.2, 0.25) is 0 Å². The summed E-state index contributed by atoms with van der Waals surface area (Å²) in [4.78, 5) is 6.53. The summed E-state index contributed by atoms with van der Waals surface area (Å²) in [6.45, 7) is 2.32. The Morgan fingerprint density at radius 3 is 2.50 bits per heavy atom. The molecular weight excluding hydrogens is 246 g/mol. The molecule has 1 aliphatic rings. The van der Waals surface area contributed by atoms with E-state index in [9.17, 15) is 0 Å². The zero-order valence-corrected chi connectivity index (χ0v) is 13.1. The molecule has 0 radical (unpaired) electrons. The second-order valence-electron chi connectivity index (χ2n) is 6.25. The summed E-state index contributed by atoms with van der Waals surface area (Å²) in [5.74, 6) is 0. The maximum atomic E-state index is 4.07. The van der Waals surface area contributed by atoms with Crippen molar-refractivity contribution in [1.82, 2.24) is 15.2 Å². The highest BCUT2D eigenvalue weighted by molar-refractivity contribution is 5.09. The predicted octanol–water partition coefficient (Wildman–Crippen LogP) is 2.87. The van der Waals surface area contributed by atoms with Gasteiger partial charge in [0, 0.05) is 24.5 Å². The molecule has 1 aliphatic carbocycles. The van der Waals surface area contributed by atoms with Crippen LogP contribution in [0, 0.1) is 0 Å². The molecule has 0 aliphatic heterocycles. The van der Waals surface area contributed by atoms with Crippen LogP contribution in [0.1, 0.15) is 44.1 Å². The van der Waals surface area contributed by atoms with Crippen LogP contribution in [0.5, 0.6) is 0 Å². The van der Waals surface area contributed by atoms with Gasteiger partial charge in [-0.3, -0.25) is 4.98 Å². The van der Waals surface area contributed by atoms with Crippen molar-refractivity contribution in [2.75, 3.05) is 27.2 Å². The minimum Gasteiger partial charge on any atom is -0.314 e. The van der Waals surface area contributed by atoms with Crippen molar-refractivity contribution in [2.24, 2.45) is 0 Å². The molecule has 0 bridgehead atoms. The molecule has 0 spiro atoms. The van der Waals surface area contributed by atoms with Crippen LogP contribution in [0.4, 0.5) is 0 Å². The molecular formula is C17H29N3. The molecule has 0 unspecified atom stereocenters. The Kier molecular flexibility index (Phi) is 5.99. The maximum Gasteiger partial charge on any atom is 0.0270 e. The normalized spacial score (nSPS) is 18.4. The van der Waals surface area contributed by atoms with E-state index in [1.165, 1.54) is 50.6 Å². The zero-order chi connectivity index (χ0) is 14.3. The maximum absolute atomic E-state index is 4.07. The molecule has 0 saturated heterocycles. The van der Waals surface area contributed by atoms with Gasteiger partial charge >= 0.3 is 0 Å². The van der Waals surface area contributed by atoms with Crippen molar-refractivity contribution in [3.05, 3.63) is 30.1 Å². The average molecular weight is 275 g/mol. The predicted molar refractivity (Wildman–Crippen MR) is 84.9 cm³/mol. The summed E-state index contributed by atoms with van der Waals surface area (Å²) in [5.41, 5.74) is 1.79. The van der Waals surface area contributed by atoms with Gasteiger partial charge in [0.1, 0.15) is 0 Å². The molecule has 0 aromatic carbocycles. The van der Waals surface area contributed by atoms with E-state index in [2.05, 4.69) is 41.4 Å². The summed E-state index contributed by atoms with van der Waals surface area (Å²) in [5, 5.41) is 3.61. The highest BCUT2D eigenvalue weighted by Gasteiger charge is 2.29. The second-order valence-corrected chi connectivity index (χ2v) is 6.25. The first-order chi connectivity index (χ1) is 9.74. The fraction of sp³-hybridized carbons (Fsp3) is 0.706. The summed E-state index contributed by atoms with van der Waals surface area (Å²) in [6.07, 6.45) is 13.1. The lowest BCUT2D eigenvalue weighted by Gasteiger charge is -2.38. The van der Waals surface area contributed by atoms with E-state index in [0.29, 0.717) is 5.54 Å². The van der Waals surface area contributed by atoms with Crippen molar-refractivity contribution in [3.63, 3.8) is 0 Å². The number of likely N-dealkylation sites (N-methyl/N-ethyl adjacent to an activating group) is 1. The van der Waals surface area contributed by atoms with Gasteiger partial charge in [-0.25, -0.2) is 0 Å². The molecule has 2 rings (SSSR count). The van der Waals surface area contributed by atoms with Crippen molar-refractivity contribution in [2.45, 2.75) is 50.5 Å². The van der Waals surface area contributed by atoms with Gasteiger partial charge in [-0.2, -0.15) is 0 Å². The first-order valence-corrected chi connectivity index (χ1v) is 8.00. The molecule has 1 heterocycles. The Morgan fingerprint density at radius 1 is 1.15 bits per heavy atom. The van der Waals surface area contributed by atoms with Crippen molar-refractivity contribution in [3.8, 4) is 0 Å². The molecule has 1 aromatic rings. The van der Waals surface area contributed by atoms with Crippen LogP contribution >= 0.6 is 0 Å². The molecule has 1 saturated carbocycles. The highest BCUT2D eigenvalue weighted by Crippen LogP contribution is 2.30. The van der Waals surface area contributed by atoms with Crippen molar-refractivity contribution in [1.29, 1.82) is 0 Å². The van der Waals surface area contributed by atoms with Crippen LogP contribution in [0.15, 0.2) is 24.5 Å². The number of hydrogen-bond acceptors (Lipinski definition) is 3. The molecule has 1 fully saturated rings. The van der Waals surface area contributed by atoms with Gasteiger partial charge in [-0.05, 0) is 64.0 Å². The van der Waals surface area contributed by atoms with E-state index in [1.54, 1.807) is 0 Å². The summed E-state index contributed by atoms with van der Waals surface area (Å²) in [6, 6.07) is 4.23. The van der Waals surface area contributed by atoms with Crippen LogP contribution in [-0.2, 0) is 6.42 Å². The Labute approximate surface area is 123 Å². The third-order valence-electron chi connectivity index (χ3n) is 4.84. The van der Waals surface area contributed by atoms with E-state index in [0.717, 1.165) is 13.0 Å². The van der Waals surface area contributed by atoms with Crippen LogP contribution in [-0.4, -0.2) is 42.6 Å². The lowest BCUT2D eigenvalue weighted by molar-refractivity contribution is 0.197. The first-order valence-electron chi connectivity index (χ1n) is 8.00. The molecule has 3 nitrogen and oxygen atoms in total. The number of pyridine rings is 1. The summed E-state index contributed by atoms with van der Waals surface area (Å²) >= 11 is 0. The molecule has 0 atom stereocenters. The van der Waals surface area contributed by atoms with Gasteiger partial charge in [0.05, 0.1) is 0 Å². The number of nitrogens with zero attached hydrogens (tertiary/aromatic N) is 2. The Hall–Kier alpha value is -0.930. The van der Waals surface area contributed by atoms with Gasteiger partial charge in [0.25, 0.3) is 0 Å². The standard InChI is InChI=1S/C17H29N3/c1-18-17(9-4-3-5-10-17)11-15-20(2)14-8-16-6-12-19-13-7-16/h6-7,12-13,18H,3-5,8-11,14-15H2,1-2H3. The van der Waals surface area contributed by atoms with Crippen LogP contribution in [0.25, 0.3) is 0 Å². The third kappa shape index (κ3) is 4.57. The molecule has 1 N–H and O–H groups in total. The Morgan fingerprint density at radius 2 is 1.85 bits per heavy atom. The summed E-state index contributed by atoms with van der Waals surface area (Å²) in [7, 11) is 4.38. The highest BCUT2D eigenvalue weighted by atomic mass is 15.1. The largest absolute Gasteiger partial charge is 0.314 e. The molecule has 1 aromatic heterocycles. The van der Waals surface area contributed by atoms with E-state index in [1.807, 2.05) is 12.4 Å². The van der Waals surface area contributed by atoms with E-state index >= 15 is 0 Å². The Balaban J connectivity index is 1.72. The molecule has 0 amide bonds. The minimum absolute atomic E-state index is 0.406.